The minimum absolute atomic E-state index is 0.0382. The summed E-state index contributed by atoms with van der Waals surface area (Å²) in [6.45, 7) is 1.87. The summed E-state index contributed by atoms with van der Waals surface area (Å²) in [5.74, 6) is 0.190. The lowest BCUT2D eigenvalue weighted by molar-refractivity contribution is -0.116. The molecule has 0 radical (unpaired) electrons. The van der Waals surface area contributed by atoms with Gasteiger partial charge in [-0.05, 0) is 44.0 Å². The molecule has 1 amide bonds. The summed E-state index contributed by atoms with van der Waals surface area (Å²) >= 11 is 4.88. The van der Waals surface area contributed by atoms with Gasteiger partial charge in [0, 0.05) is 39.0 Å². The smallest absolute Gasteiger partial charge is 0.256 e. The number of methoxy groups -OCH3 is 2. The van der Waals surface area contributed by atoms with Gasteiger partial charge in [-0.25, -0.2) is 4.98 Å². The van der Waals surface area contributed by atoms with E-state index in [0.29, 0.717) is 45.5 Å². The maximum Gasteiger partial charge on any atom is 0.256 e. The van der Waals surface area contributed by atoms with Crippen molar-refractivity contribution in [2.75, 3.05) is 19.5 Å². The number of nitrogens with zero attached hydrogens (tertiary/aromatic N) is 1. The Morgan fingerprint density at radius 3 is 2.80 bits per heavy atom. The first kappa shape index (κ1) is 23.6. The molecule has 5 rings (SSSR count). The Morgan fingerprint density at radius 1 is 1.20 bits per heavy atom. The van der Waals surface area contributed by atoms with Gasteiger partial charge in [-0.15, -0.1) is 0 Å². The van der Waals surface area contributed by atoms with Crippen molar-refractivity contribution in [1.82, 2.24) is 10.3 Å². The average molecular weight is 554 g/mol. The van der Waals surface area contributed by atoms with Gasteiger partial charge in [-0.3, -0.25) is 14.9 Å². The van der Waals surface area contributed by atoms with E-state index >= 15 is 0 Å². The number of para-hydroxylation sites is 1. The van der Waals surface area contributed by atoms with E-state index in [-0.39, 0.29) is 11.7 Å². The summed E-state index contributed by atoms with van der Waals surface area (Å²) in [6.07, 6.45) is 1.98. The SMILES string of the molecule is COc1cccc(C2C(C(=O)Nc3nc4ccc(Br)cc4s3)=C(C)NC3=C2C(=O)CCC3)c1OC. The van der Waals surface area contributed by atoms with Gasteiger partial charge in [0.05, 0.1) is 30.4 Å². The lowest BCUT2D eigenvalue weighted by atomic mass is 9.74. The van der Waals surface area contributed by atoms with Gasteiger partial charge in [-0.1, -0.05) is 39.4 Å². The van der Waals surface area contributed by atoms with Gasteiger partial charge in [0.25, 0.3) is 5.91 Å². The van der Waals surface area contributed by atoms with Crippen molar-refractivity contribution in [3.8, 4) is 11.5 Å². The zero-order valence-electron chi connectivity index (χ0n) is 19.5. The quantitative estimate of drug-likeness (QED) is 0.422. The fourth-order valence-electron chi connectivity index (χ4n) is 4.85. The lowest BCUT2D eigenvalue weighted by Crippen LogP contribution is -2.35. The fourth-order valence-corrected chi connectivity index (χ4v) is 6.26. The number of nitrogens with one attached hydrogen (secondary N) is 2. The molecule has 0 saturated carbocycles. The number of carbonyl (C=O) groups is 2. The highest BCUT2D eigenvalue weighted by Crippen LogP contribution is 2.47. The summed E-state index contributed by atoms with van der Waals surface area (Å²) in [5, 5.41) is 6.82. The molecule has 1 aromatic heterocycles. The third-order valence-electron chi connectivity index (χ3n) is 6.34. The van der Waals surface area contributed by atoms with Crippen molar-refractivity contribution >= 4 is 54.3 Å². The summed E-state index contributed by atoms with van der Waals surface area (Å²) in [6, 6.07) is 11.3. The molecule has 2 aliphatic rings. The Morgan fingerprint density at radius 2 is 2.03 bits per heavy atom. The van der Waals surface area contributed by atoms with Crippen LogP contribution in [0.2, 0.25) is 0 Å². The summed E-state index contributed by atoms with van der Waals surface area (Å²) in [4.78, 5) is 31.6. The van der Waals surface area contributed by atoms with Crippen LogP contribution in [0.15, 0.2) is 63.4 Å². The Kier molecular flexibility index (Phi) is 6.37. The van der Waals surface area contributed by atoms with Crippen LogP contribution in [0, 0.1) is 0 Å². The van der Waals surface area contributed by atoms with Crippen molar-refractivity contribution in [2.24, 2.45) is 0 Å². The van der Waals surface area contributed by atoms with Gasteiger partial charge in [0.1, 0.15) is 0 Å². The Bertz CT molecular complexity index is 1430. The van der Waals surface area contributed by atoms with E-state index in [1.165, 1.54) is 11.3 Å². The second-order valence-corrected chi connectivity index (χ2v) is 10.4. The van der Waals surface area contributed by atoms with Crippen LogP contribution in [0.1, 0.15) is 37.7 Å². The molecular weight excluding hydrogens is 530 g/mol. The largest absolute Gasteiger partial charge is 0.493 e. The average Bonchev–Trinajstić information content (AvgIpc) is 3.23. The Labute approximate surface area is 215 Å². The van der Waals surface area contributed by atoms with Crippen molar-refractivity contribution in [1.29, 1.82) is 0 Å². The molecule has 2 heterocycles. The Balaban J connectivity index is 1.61. The van der Waals surface area contributed by atoms with Crippen LogP contribution in [0.3, 0.4) is 0 Å². The van der Waals surface area contributed by atoms with E-state index in [4.69, 9.17) is 9.47 Å². The molecule has 0 spiro atoms. The van der Waals surface area contributed by atoms with Crippen LogP contribution in [-0.4, -0.2) is 30.9 Å². The molecule has 1 atom stereocenters. The molecule has 1 aliphatic heterocycles. The van der Waals surface area contributed by atoms with Gasteiger partial charge >= 0.3 is 0 Å². The van der Waals surface area contributed by atoms with E-state index < -0.39 is 5.92 Å². The number of hydrogen-bond acceptors (Lipinski definition) is 7. The maximum absolute atomic E-state index is 13.8. The van der Waals surface area contributed by atoms with Crippen molar-refractivity contribution in [2.45, 2.75) is 32.1 Å². The van der Waals surface area contributed by atoms with Crippen LogP contribution in [-0.2, 0) is 9.59 Å². The molecule has 0 fully saturated rings. The number of fused-ring (bicyclic) bond motifs is 1. The van der Waals surface area contributed by atoms with Crippen molar-refractivity contribution in [3.63, 3.8) is 0 Å². The van der Waals surface area contributed by atoms with Crippen LogP contribution in [0.25, 0.3) is 10.2 Å². The number of ketones is 1. The number of dihydropyridines is 1. The molecule has 2 aromatic carbocycles. The van der Waals surface area contributed by atoms with E-state index in [2.05, 4.69) is 31.5 Å². The van der Waals surface area contributed by atoms with Crippen LogP contribution in [0.4, 0.5) is 5.13 Å². The zero-order chi connectivity index (χ0) is 24.7. The number of aromatic nitrogens is 1. The number of thiazole rings is 1. The number of allylic oxidation sites excluding steroid dienone is 3. The minimum atomic E-state index is -0.590. The number of rotatable bonds is 5. The molecule has 1 aliphatic carbocycles. The molecule has 1 unspecified atom stereocenters. The summed E-state index contributed by atoms with van der Waals surface area (Å²) < 4.78 is 13.1. The second-order valence-electron chi connectivity index (χ2n) is 8.43. The standard InChI is InChI=1S/C26H24BrN3O4S/c1-13-21(25(32)30-26-29-16-11-10-14(27)12-20(16)35-26)22(23-17(28-13)7-5-8-18(23)31)15-6-4-9-19(33-2)24(15)34-3/h4,6,9-12,22,28H,5,7-8H2,1-3H3,(H,29,30,32). The van der Waals surface area contributed by atoms with Crippen molar-refractivity contribution < 1.29 is 19.1 Å². The van der Waals surface area contributed by atoms with Gasteiger partial charge < -0.3 is 14.8 Å². The third-order valence-corrected chi connectivity index (χ3v) is 7.76. The predicted octanol–water partition coefficient (Wildman–Crippen LogP) is 5.68. The maximum atomic E-state index is 13.8. The molecule has 180 valence electrons. The summed E-state index contributed by atoms with van der Waals surface area (Å²) in [7, 11) is 3.14. The first-order valence-corrected chi connectivity index (χ1v) is 12.8. The highest BCUT2D eigenvalue weighted by atomic mass is 79.9. The Hall–Kier alpha value is -3.17. The predicted molar refractivity (Wildman–Crippen MR) is 140 cm³/mol. The van der Waals surface area contributed by atoms with E-state index in [1.54, 1.807) is 20.3 Å². The molecular formula is C26H24BrN3O4S. The van der Waals surface area contributed by atoms with Gasteiger partial charge in [0.15, 0.2) is 22.4 Å². The number of Topliss-reactive ketones (excluding diaryl/α,β-unsaturated/α-hetero) is 1. The van der Waals surface area contributed by atoms with Gasteiger partial charge in [0.2, 0.25) is 0 Å². The number of hydrogen-bond donors (Lipinski definition) is 2. The van der Waals surface area contributed by atoms with E-state index in [9.17, 15) is 9.59 Å². The number of amides is 1. The van der Waals surface area contributed by atoms with Crippen LogP contribution >= 0.6 is 27.3 Å². The van der Waals surface area contributed by atoms with E-state index in [1.807, 2.05) is 37.3 Å². The minimum Gasteiger partial charge on any atom is -0.493 e. The molecule has 9 heteroatoms. The number of benzene rings is 2. The fraction of sp³-hybridized carbons (Fsp3) is 0.269. The number of halogens is 1. The topological polar surface area (TPSA) is 89.5 Å². The van der Waals surface area contributed by atoms with Crippen LogP contribution < -0.4 is 20.1 Å². The molecule has 7 nitrogen and oxygen atoms in total. The highest BCUT2D eigenvalue weighted by Gasteiger charge is 2.40. The molecule has 35 heavy (non-hydrogen) atoms. The van der Waals surface area contributed by atoms with E-state index in [0.717, 1.165) is 33.2 Å². The first-order chi connectivity index (χ1) is 16.9. The van der Waals surface area contributed by atoms with Crippen LogP contribution in [0.5, 0.6) is 11.5 Å². The molecule has 0 bridgehead atoms. The third kappa shape index (κ3) is 4.23. The molecule has 3 aromatic rings. The highest BCUT2D eigenvalue weighted by molar-refractivity contribution is 9.10. The summed E-state index contributed by atoms with van der Waals surface area (Å²) in [5.41, 5.74) is 4.18. The van der Waals surface area contributed by atoms with Crippen molar-refractivity contribution in [3.05, 3.63) is 69.0 Å². The van der Waals surface area contributed by atoms with Gasteiger partial charge in [-0.2, -0.15) is 0 Å². The second kappa shape index (κ2) is 9.47. The number of anilines is 1. The zero-order valence-corrected chi connectivity index (χ0v) is 21.9. The molecule has 0 saturated heterocycles. The lowest BCUT2D eigenvalue weighted by Gasteiger charge is -2.35. The number of carbonyl (C=O) groups excluding carboxylic acids is 2. The normalized spacial score (nSPS) is 17.8. The monoisotopic (exact) mass is 553 g/mol. The number of ether oxygens (including phenoxy) is 2. The first-order valence-electron chi connectivity index (χ1n) is 11.2. The molecule has 2 N–H and O–H groups in total.